The molecule has 4 heteroatoms. The van der Waals surface area contributed by atoms with Crippen molar-refractivity contribution in [3.05, 3.63) is 0 Å². The number of nitrogens with one attached hydrogen (secondary N) is 1. The van der Waals surface area contributed by atoms with Crippen LogP contribution in [0.15, 0.2) is 0 Å². The summed E-state index contributed by atoms with van der Waals surface area (Å²) in [5.74, 6) is 0.580. The molecular formula is C11H23NO3. The Morgan fingerprint density at radius 2 is 2.47 bits per heavy atom. The minimum atomic E-state index is 0.176. The summed E-state index contributed by atoms with van der Waals surface area (Å²) in [6.07, 6.45) is 1.99. The van der Waals surface area contributed by atoms with Gasteiger partial charge in [0.25, 0.3) is 0 Å². The molecule has 2 N–H and O–H groups in total. The van der Waals surface area contributed by atoms with Crippen LogP contribution < -0.4 is 5.32 Å². The molecular weight excluding hydrogens is 194 g/mol. The van der Waals surface area contributed by atoms with Gasteiger partial charge in [-0.2, -0.15) is 0 Å². The van der Waals surface area contributed by atoms with Gasteiger partial charge in [-0.25, -0.2) is 0 Å². The highest BCUT2D eigenvalue weighted by Crippen LogP contribution is 2.12. The van der Waals surface area contributed by atoms with Crippen LogP contribution in [0.3, 0.4) is 0 Å². The lowest BCUT2D eigenvalue weighted by molar-refractivity contribution is 0.0786. The summed E-state index contributed by atoms with van der Waals surface area (Å²) >= 11 is 0. The van der Waals surface area contributed by atoms with E-state index in [4.69, 9.17) is 14.6 Å². The highest BCUT2D eigenvalue weighted by Gasteiger charge is 2.15. The summed E-state index contributed by atoms with van der Waals surface area (Å²) in [7, 11) is 0. The van der Waals surface area contributed by atoms with E-state index >= 15 is 0 Å². The molecule has 1 saturated heterocycles. The predicted molar refractivity (Wildman–Crippen MR) is 58.9 cm³/mol. The highest BCUT2D eigenvalue weighted by molar-refractivity contribution is 4.65. The van der Waals surface area contributed by atoms with Gasteiger partial charge in [0.05, 0.1) is 19.8 Å². The Balaban J connectivity index is 1.94. The van der Waals surface area contributed by atoms with Crippen molar-refractivity contribution in [2.45, 2.75) is 25.8 Å². The minimum Gasteiger partial charge on any atom is -0.395 e. The summed E-state index contributed by atoms with van der Waals surface area (Å²) in [6, 6.07) is 0.176. The molecule has 0 amide bonds. The lowest BCUT2D eigenvalue weighted by atomic mass is 10.1. The first-order valence-electron chi connectivity index (χ1n) is 5.86. The molecule has 1 aliphatic rings. The SMILES string of the molecule is CCNC(CO)CCOCC1CCOC1. The third kappa shape index (κ3) is 5.47. The van der Waals surface area contributed by atoms with Crippen molar-refractivity contribution in [2.75, 3.05) is 39.6 Å². The summed E-state index contributed by atoms with van der Waals surface area (Å²) in [4.78, 5) is 0. The van der Waals surface area contributed by atoms with Crippen LogP contribution in [0.4, 0.5) is 0 Å². The minimum absolute atomic E-state index is 0.176. The maximum Gasteiger partial charge on any atom is 0.0585 e. The molecule has 0 saturated carbocycles. The van der Waals surface area contributed by atoms with Crippen molar-refractivity contribution in [2.24, 2.45) is 5.92 Å². The summed E-state index contributed by atoms with van der Waals surface area (Å²) in [6.45, 7) is 6.35. The normalized spacial score (nSPS) is 23.2. The molecule has 0 radical (unpaired) electrons. The number of aliphatic hydroxyl groups excluding tert-OH is 1. The quantitative estimate of drug-likeness (QED) is 0.578. The van der Waals surface area contributed by atoms with E-state index in [0.29, 0.717) is 12.5 Å². The molecule has 0 aliphatic carbocycles. The third-order valence-electron chi connectivity index (χ3n) is 2.70. The summed E-state index contributed by atoms with van der Waals surface area (Å²) in [5, 5.41) is 12.2. The van der Waals surface area contributed by atoms with Crippen LogP contribution in [0.25, 0.3) is 0 Å². The molecule has 0 aromatic carbocycles. The first-order chi connectivity index (χ1) is 7.36. The fraction of sp³-hybridized carbons (Fsp3) is 1.00. The maximum atomic E-state index is 9.03. The molecule has 1 heterocycles. The Morgan fingerprint density at radius 3 is 3.07 bits per heavy atom. The number of rotatable bonds is 8. The highest BCUT2D eigenvalue weighted by atomic mass is 16.5. The lowest BCUT2D eigenvalue weighted by Crippen LogP contribution is -2.33. The first kappa shape index (κ1) is 12.9. The number of hydrogen-bond acceptors (Lipinski definition) is 4. The van der Waals surface area contributed by atoms with Crippen molar-refractivity contribution in [3.8, 4) is 0 Å². The van der Waals surface area contributed by atoms with E-state index in [9.17, 15) is 0 Å². The molecule has 90 valence electrons. The van der Waals surface area contributed by atoms with Crippen LogP contribution in [-0.4, -0.2) is 50.7 Å². The van der Waals surface area contributed by atoms with Crippen molar-refractivity contribution in [1.82, 2.24) is 5.32 Å². The molecule has 0 aromatic rings. The zero-order valence-electron chi connectivity index (χ0n) is 9.58. The Kier molecular flexibility index (Phi) is 6.92. The topological polar surface area (TPSA) is 50.7 Å². The van der Waals surface area contributed by atoms with Gasteiger partial charge in [-0.15, -0.1) is 0 Å². The van der Waals surface area contributed by atoms with Gasteiger partial charge in [0.15, 0.2) is 0 Å². The van der Waals surface area contributed by atoms with Gasteiger partial charge >= 0.3 is 0 Å². The first-order valence-corrected chi connectivity index (χ1v) is 5.86. The molecule has 1 fully saturated rings. The Labute approximate surface area is 92.0 Å². The van der Waals surface area contributed by atoms with E-state index in [-0.39, 0.29) is 12.6 Å². The summed E-state index contributed by atoms with van der Waals surface area (Å²) < 4.78 is 10.8. The zero-order chi connectivity index (χ0) is 10.9. The molecule has 1 rings (SSSR count). The number of hydrogen-bond donors (Lipinski definition) is 2. The summed E-state index contributed by atoms with van der Waals surface area (Å²) in [5.41, 5.74) is 0. The fourth-order valence-corrected chi connectivity index (χ4v) is 1.74. The number of ether oxygens (including phenoxy) is 2. The van der Waals surface area contributed by atoms with Gasteiger partial charge in [-0.3, -0.25) is 0 Å². The van der Waals surface area contributed by atoms with E-state index in [1.165, 1.54) is 0 Å². The monoisotopic (exact) mass is 217 g/mol. The molecule has 15 heavy (non-hydrogen) atoms. The Hall–Kier alpha value is -0.160. The smallest absolute Gasteiger partial charge is 0.0585 e. The van der Waals surface area contributed by atoms with E-state index in [1.54, 1.807) is 0 Å². The predicted octanol–water partition coefficient (Wildman–Crippen LogP) is 0.400. The van der Waals surface area contributed by atoms with Crippen molar-refractivity contribution in [1.29, 1.82) is 0 Å². The van der Waals surface area contributed by atoms with Gasteiger partial charge < -0.3 is 19.9 Å². The molecule has 2 unspecified atom stereocenters. The van der Waals surface area contributed by atoms with Crippen LogP contribution in [0.5, 0.6) is 0 Å². The van der Waals surface area contributed by atoms with Crippen LogP contribution in [0.2, 0.25) is 0 Å². The van der Waals surface area contributed by atoms with Crippen molar-refractivity contribution >= 4 is 0 Å². The lowest BCUT2D eigenvalue weighted by Gasteiger charge is -2.15. The van der Waals surface area contributed by atoms with Gasteiger partial charge in [-0.1, -0.05) is 6.92 Å². The second-order valence-electron chi connectivity index (χ2n) is 4.03. The molecule has 0 spiro atoms. The number of aliphatic hydroxyl groups is 1. The molecule has 4 nitrogen and oxygen atoms in total. The molecule has 2 atom stereocenters. The van der Waals surface area contributed by atoms with E-state index < -0.39 is 0 Å². The van der Waals surface area contributed by atoms with E-state index in [0.717, 1.165) is 39.2 Å². The van der Waals surface area contributed by atoms with Crippen LogP contribution in [-0.2, 0) is 9.47 Å². The second kappa shape index (κ2) is 8.05. The number of likely N-dealkylation sites (N-methyl/N-ethyl adjacent to an activating group) is 1. The Bertz CT molecular complexity index is 149. The van der Waals surface area contributed by atoms with Crippen molar-refractivity contribution in [3.63, 3.8) is 0 Å². The Morgan fingerprint density at radius 1 is 1.60 bits per heavy atom. The van der Waals surface area contributed by atoms with Crippen LogP contribution in [0, 0.1) is 5.92 Å². The zero-order valence-corrected chi connectivity index (χ0v) is 9.58. The van der Waals surface area contributed by atoms with Gasteiger partial charge in [0.1, 0.15) is 0 Å². The van der Waals surface area contributed by atoms with E-state index in [1.807, 2.05) is 6.92 Å². The van der Waals surface area contributed by atoms with Crippen LogP contribution in [0.1, 0.15) is 19.8 Å². The van der Waals surface area contributed by atoms with Gasteiger partial charge in [0, 0.05) is 25.2 Å². The maximum absolute atomic E-state index is 9.03. The third-order valence-corrected chi connectivity index (χ3v) is 2.70. The molecule has 0 aromatic heterocycles. The van der Waals surface area contributed by atoms with Gasteiger partial charge in [0.2, 0.25) is 0 Å². The van der Waals surface area contributed by atoms with E-state index in [2.05, 4.69) is 5.32 Å². The average molecular weight is 217 g/mol. The van der Waals surface area contributed by atoms with Gasteiger partial charge in [-0.05, 0) is 19.4 Å². The standard InChI is InChI=1S/C11H23NO3/c1-2-12-11(7-13)4-6-15-9-10-3-5-14-8-10/h10-13H,2-9H2,1H3. The molecule has 0 bridgehead atoms. The molecule has 1 aliphatic heterocycles. The average Bonchev–Trinajstić information content (AvgIpc) is 2.75. The fourth-order valence-electron chi connectivity index (χ4n) is 1.74. The second-order valence-corrected chi connectivity index (χ2v) is 4.03. The van der Waals surface area contributed by atoms with Crippen LogP contribution >= 0.6 is 0 Å². The van der Waals surface area contributed by atoms with Crippen molar-refractivity contribution < 1.29 is 14.6 Å². The largest absolute Gasteiger partial charge is 0.395 e.